The molecule has 1 aliphatic heterocycles. The SMILES string of the molecule is CCN(CC)c1ncc(C(=O)NC2CCS(=O)(=O)C2)cn1. The lowest BCUT2D eigenvalue weighted by Gasteiger charge is -2.18. The fraction of sp³-hybridized carbons (Fsp3) is 0.615. The second kappa shape index (κ2) is 6.38. The second-order valence-electron chi connectivity index (χ2n) is 5.02. The Bertz CT molecular complexity index is 596. The molecule has 2 heterocycles. The number of carbonyl (C=O) groups excluding carboxylic acids is 1. The van der Waals surface area contributed by atoms with Crippen molar-refractivity contribution < 1.29 is 13.2 Å². The number of rotatable bonds is 5. The van der Waals surface area contributed by atoms with Gasteiger partial charge in [0.25, 0.3) is 5.91 Å². The fourth-order valence-electron chi connectivity index (χ4n) is 2.29. The van der Waals surface area contributed by atoms with Crippen LogP contribution < -0.4 is 10.2 Å². The normalized spacial score (nSPS) is 20.2. The molecule has 8 heteroatoms. The monoisotopic (exact) mass is 312 g/mol. The number of carbonyl (C=O) groups is 1. The highest BCUT2D eigenvalue weighted by Gasteiger charge is 2.29. The van der Waals surface area contributed by atoms with Gasteiger partial charge in [-0.05, 0) is 20.3 Å². The van der Waals surface area contributed by atoms with Gasteiger partial charge in [0.1, 0.15) is 0 Å². The maximum Gasteiger partial charge on any atom is 0.254 e. The number of anilines is 1. The van der Waals surface area contributed by atoms with E-state index in [4.69, 9.17) is 0 Å². The van der Waals surface area contributed by atoms with Crippen LogP contribution in [0.4, 0.5) is 5.95 Å². The molecule has 1 aromatic heterocycles. The molecule has 1 saturated heterocycles. The predicted octanol–water partition coefficient (Wildman–Crippen LogP) is 0.240. The molecule has 0 aliphatic carbocycles. The Balaban J connectivity index is 2.00. The van der Waals surface area contributed by atoms with Crippen molar-refractivity contribution in [1.29, 1.82) is 0 Å². The smallest absolute Gasteiger partial charge is 0.254 e. The van der Waals surface area contributed by atoms with Gasteiger partial charge >= 0.3 is 0 Å². The van der Waals surface area contributed by atoms with Crippen molar-refractivity contribution in [1.82, 2.24) is 15.3 Å². The first-order valence-electron chi connectivity index (χ1n) is 7.03. The fourth-order valence-corrected chi connectivity index (χ4v) is 3.96. The third-order valence-electron chi connectivity index (χ3n) is 3.51. The Morgan fingerprint density at radius 1 is 1.33 bits per heavy atom. The summed E-state index contributed by atoms with van der Waals surface area (Å²) in [6.07, 6.45) is 3.41. The number of hydrogen-bond acceptors (Lipinski definition) is 6. The molecular formula is C13H20N4O3S. The van der Waals surface area contributed by atoms with E-state index in [9.17, 15) is 13.2 Å². The zero-order valence-electron chi connectivity index (χ0n) is 12.2. The van der Waals surface area contributed by atoms with Gasteiger partial charge in [-0.3, -0.25) is 4.79 Å². The van der Waals surface area contributed by atoms with Crippen molar-refractivity contribution in [2.24, 2.45) is 0 Å². The molecule has 7 nitrogen and oxygen atoms in total. The Labute approximate surface area is 124 Å². The van der Waals surface area contributed by atoms with E-state index in [1.165, 1.54) is 12.4 Å². The molecule has 1 unspecified atom stereocenters. The number of hydrogen-bond donors (Lipinski definition) is 1. The van der Waals surface area contributed by atoms with Gasteiger partial charge in [0, 0.05) is 31.5 Å². The van der Waals surface area contributed by atoms with Crippen molar-refractivity contribution in [3.8, 4) is 0 Å². The van der Waals surface area contributed by atoms with Crippen molar-refractivity contribution in [3.63, 3.8) is 0 Å². The van der Waals surface area contributed by atoms with Crippen LogP contribution >= 0.6 is 0 Å². The van der Waals surface area contributed by atoms with Crippen LogP contribution in [0.15, 0.2) is 12.4 Å². The number of aromatic nitrogens is 2. The lowest BCUT2D eigenvalue weighted by Crippen LogP contribution is -2.35. The lowest BCUT2D eigenvalue weighted by atomic mass is 10.2. The summed E-state index contributed by atoms with van der Waals surface area (Å²) in [5, 5.41) is 2.72. The topological polar surface area (TPSA) is 92.3 Å². The number of sulfone groups is 1. The lowest BCUT2D eigenvalue weighted by molar-refractivity contribution is 0.0940. The van der Waals surface area contributed by atoms with Gasteiger partial charge in [0.05, 0.1) is 17.1 Å². The highest BCUT2D eigenvalue weighted by molar-refractivity contribution is 7.91. The van der Waals surface area contributed by atoms with Crippen molar-refractivity contribution >= 4 is 21.7 Å². The third kappa shape index (κ3) is 3.90. The molecular weight excluding hydrogens is 292 g/mol. The van der Waals surface area contributed by atoms with Crippen LogP contribution in [0.1, 0.15) is 30.6 Å². The Morgan fingerprint density at radius 2 is 1.95 bits per heavy atom. The van der Waals surface area contributed by atoms with Crippen LogP contribution in [-0.4, -0.2) is 54.9 Å². The zero-order valence-corrected chi connectivity index (χ0v) is 13.1. The highest BCUT2D eigenvalue weighted by Crippen LogP contribution is 2.12. The molecule has 2 rings (SSSR count). The number of nitrogens with zero attached hydrogens (tertiary/aromatic N) is 3. The summed E-state index contributed by atoms with van der Waals surface area (Å²) in [6, 6.07) is -0.315. The van der Waals surface area contributed by atoms with E-state index in [0.29, 0.717) is 17.9 Å². The molecule has 0 bridgehead atoms. The first-order valence-corrected chi connectivity index (χ1v) is 8.85. The van der Waals surface area contributed by atoms with Crippen LogP contribution in [-0.2, 0) is 9.84 Å². The maximum absolute atomic E-state index is 12.0. The van der Waals surface area contributed by atoms with Crippen molar-refractivity contribution in [3.05, 3.63) is 18.0 Å². The first kappa shape index (κ1) is 15.7. The van der Waals surface area contributed by atoms with E-state index in [1.54, 1.807) is 0 Å². The summed E-state index contributed by atoms with van der Waals surface area (Å²) in [5.41, 5.74) is 0.343. The molecule has 1 atom stereocenters. The summed E-state index contributed by atoms with van der Waals surface area (Å²) < 4.78 is 22.7. The summed E-state index contributed by atoms with van der Waals surface area (Å²) in [6.45, 7) is 5.60. The molecule has 1 aromatic rings. The standard InChI is InChI=1S/C13H20N4O3S/c1-3-17(4-2)13-14-7-10(8-15-13)12(18)16-11-5-6-21(19,20)9-11/h7-8,11H,3-6,9H2,1-2H3,(H,16,18). The molecule has 1 amide bonds. The van der Waals surface area contributed by atoms with Crippen LogP contribution in [0.2, 0.25) is 0 Å². The Hall–Kier alpha value is -1.70. The van der Waals surface area contributed by atoms with Gasteiger partial charge in [-0.15, -0.1) is 0 Å². The van der Waals surface area contributed by atoms with Gasteiger partial charge < -0.3 is 10.2 Å². The second-order valence-corrected chi connectivity index (χ2v) is 7.25. The average Bonchev–Trinajstić information content (AvgIpc) is 2.80. The van der Waals surface area contributed by atoms with Crippen LogP contribution in [0, 0.1) is 0 Å². The Kier molecular flexibility index (Phi) is 4.76. The van der Waals surface area contributed by atoms with Gasteiger partial charge in [0.2, 0.25) is 5.95 Å². The number of amides is 1. The molecule has 1 aliphatic rings. The van der Waals surface area contributed by atoms with Gasteiger partial charge in [-0.25, -0.2) is 18.4 Å². The summed E-state index contributed by atoms with van der Waals surface area (Å²) >= 11 is 0. The first-order chi connectivity index (χ1) is 9.95. The molecule has 0 radical (unpaired) electrons. The van der Waals surface area contributed by atoms with Crippen molar-refractivity contribution in [2.75, 3.05) is 29.5 Å². The summed E-state index contributed by atoms with van der Waals surface area (Å²) in [4.78, 5) is 22.4. The van der Waals surface area contributed by atoms with E-state index in [2.05, 4.69) is 15.3 Å². The van der Waals surface area contributed by atoms with E-state index in [0.717, 1.165) is 13.1 Å². The molecule has 0 spiro atoms. The van der Waals surface area contributed by atoms with Crippen LogP contribution in [0.3, 0.4) is 0 Å². The minimum atomic E-state index is -3.00. The molecule has 116 valence electrons. The minimum absolute atomic E-state index is 0.0110. The summed E-state index contributed by atoms with van der Waals surface area (Å²) in [7, 11) is -3.00. The maximum atomic E-state index is 12.0. The molecule has 21 heavy (non-hydrogen) atoms. The van der Waals surface area contributed by atoms with E-state index in [1.807, 2.05) is 18.7 Å². The Morgan fingerprint density at radius 3 is 2.43 bits per heavy atom. The largest absolute Gasteiger partial charge is 0.348 e. The van der Waals surface area contributed by atoms with Crippen LogP contribution in [0.25, 0.3) is 0 Å². The van der Waals surface area contributed by atoms with Crippen molar-refractivity contribution in [2.45, 2.75) is 26.3 Å². The van der Waals surface area contributed by atoms with Gasteiger partial charge in [-0.1, -0.05) is 0 Å². The zero-order chi connectivity index (χ0) is 15.5. The molecule has 0 aromatic carbocycles. The predicted molar refractivity (Wildman–Crippen MR) is 80.1 cm³/mol. The quantitative estimate of drug-likeness (QED) is 0.837. The third-order valence-corrected chi connectivity index (χ3v) is 5.28. The highest BCUT2D eigenvalue weighted by atomic mass is 32.2. The summed E-state index contributed by atoms with van der Waals surface area (Å²) in [5.74, 6) is 0.398. The van der Waals surface area contributed by atoms with Gasteiger partial charge in [-0.2, -0.15) is 0 Å². The van der Waals surface area contributed by atoms with E-state index < -0.39 is 9.84 Å². The van der Waals surface area contributed by atoms with Crippen LogP contribution in [0.5, 0.6) is 0 Å². The average molecular weight is 312 g/mol. The minimum Gasteiger partial charge on any atom is -0.348 e. The molecule has 1 N–H and O–H groups in total. The van der Waals surface area contributed by atoms with E-state index >= 15 is 0 Å². The molecule has 0 saturated carbocycles. The number of nitrogens with one attached hydrogen (secondary N) is 1. The molecule has 1 fully saturated rings. The van der Waals surface area contributed by atoms with E-state index in [-0.39, 0.29) is 23.5 Å². The van der Waals surface area contributed by atoms with Gasteiger partial charge in [0.15, 0.2) is 9.84 Å².